The number of carbonyl (C=O) groups is 2. The van der Waals surface area contributed by atoms with E-state index in [1.54, 1.807) is 0 Å². The fourth-order valence-electron chi connectivity index (χ4n) is 9.63. The number of ether oxygens (including phenoxy) is 1. The molecule has 0 fully saturated rings. The van der Waals surface area contributed by atoms with Crippen LogP contribution < -0.4 is 5.32 Å². The molecule has 0 saturated heterocycles. The van der Waals surface area contributed by atoms with Gasteiger partial charge in [-0.1, -0.05) is 269 Å². The fraction of sp³-hybridized carbons (Fsp3) is 0.851. The average Bonchev–Trinajstić information content (AvgIpc) is 3.39. The van der Waals surface area contributed by atoms with Gasteiger partial charge in [0.2, 0.25) is 5.91 Å². The maximum atomic E-state index is 13.6. The number of rotatable bonds is 60. The van der Waals surface area contributed by atoms with Gasteiger partial charge in [0.05, 0.1) is 33.8 Å². The Bertz CT molecular complexity index is 1460. The molecule has 3 unspecified atom stereocenters. The fourth-order valence-corrected chi connectivity index (χ4v) is 10.4. The van der Waals surface area contributed by atoms with Gasteiger partial charge in [-0.25, -0.2) is 4.57 Å². The zero-order valence-corrected chi connectivity index (χ0v) is 52.6. The second-order valence-corrected chi connectivity index (χ2v) is 25.1. The van der Waals surface area contributed by atoms with Crippen LogP contribution >= 0.6 is 7.82 Å². The van der Waals surface area contributed by atoms with E-state index in [-0.39, 0.29) is 31.5 Å². The predicted octanol–water partition coefficient (Wildman–Crippen LogP) is 20.5. The van der Waals surface area contributed by atoms with Crippen molar-refractivity contribution in [1.29, 1.82) is 0 Å². The summed E-state index contributed by atoms with van der Waals surface area (Å²) in [5.74, 6) is -0.508. The van der Waals surface area contributed by atoms with Crippen molar-refractivity contribution < 1.29 is 37.3 Å². The molecule has 0 spiro atoms. The van der Waals surface area contributed by atoms with E-state index in [9.17, 15) is 19.0 Å². The molecule has 3 atom stereocenters. The average molecular weight is 1100 g/mol. The normalized spacial score (nSPS) is 13.9. The Morgan fingerprint density at radius 1 is 0.455 bits per heavy atom. The number of hydrogen-bond donors (Lipinski definition) is 2. The van der Waals surface area contributed by atoms with Crippen LogP contribution in [0.3, 0.4) is 0 Å². The zero-order chi connectivity index (χ0) is 56.4. The van der Waals surface area contributed by atoms with E-state index >= 15 is 0 Å². The molecule has 0 aliphatic heterocycles. The van der Waals surface area contributed by atoms with E-state index in [1.807, 2.05) is 33.3 Å². The van der Waals surface area contributed by atoms with Gasteiger partial charge in [-0.3, -0.25) is 18.6 Å². The smallest absolute Gasteiger partial charge is 0.456 e. The minimum absolute atomic E-state index is 0.0391. The topological polar surface area (TPSA) is 111 Å². The van der Waals surface area contributed by atoms with Crippen LogP contribution in [0.25, 0.3) is 0 Å². The van der Waals surface area contributed by atoms with Gasteiger partial charge >= 0.3 is 13.8 Å². The molecule has 9 nitrogen and oxygen atoms in total. The van der Waals surface area contributed by atoms with Gasteiger partial charge in [-0.2, -0.15) is 0 Å². The molecule has 452 valence electrons. The molecule has 0 aromatic heterocycles. The summed E-state index contributed by atoms with van der Waals surface area (Å²) in [4.78, 5) is 37.7. The minimum atomic E-state index is -4.45. The number of esters is 1. The van der Waals surface area contributed by atoms with Crippen molar-refractivity contribution in [3.63, 3.8) is 0 Å². The maximum Gasteiger partial charge on any atom is 0.472 e. The summed E-state index contributed by atoms with van der Waals surface area (Å²) >= 11 is 0. The summed E-state index contributed by atoms with van der Waals surface area (Å²) in [6.07, 6.45) is 71.2. The SMILES string of the molecule is CCCCC/C=C/C=C/CCCCCCCCC(=O)OC(/C=C\CCCCCCCCCCC)C(COP(=O)(O)OCC[N+](C)(C)C)NC(=O)CCCCCCCCCCCCCCCCC/C=C/CCCCCCCC. The summed E-state index contributed by atoms with van der Waals surface area (Å²) in [6, 6.07) is -0.851. The van der Waals surface area contributed by atoms with Crippen LogP contribution in [0, 0.1) is 0 Å². The second-order valence-electron chi connectivity index (χ2n) is 23.7. The van der Waals surface area contributed by atoms with Gasteiger partial charge < -0.3 is 19.4 Å². The van der Waals surface area contributed by atoms with E-state index in [0.29, 0.717) is 17.4 Å². The monoisotopic (exact) mass is 1100 g/mol. The van der Waals surface area contributed by atoms with Crippen molar-refractivity contribution in [1.82, 2.24) is 5.32 Å². The molecule has 1 amide bonds. The van der Waals surface area contributed by atoms with Crippen LogP contribution in [0.1, 0.15) is 316 Å². The molecule has 0 bridgehead atoms. The largest absolute Gasteiger partial charge is 0.472 e. The molecule has 0 aliphatic carbocycles. The van der Waals surface area contributed by atoms with Gasteiger partial charge in [0.1, 0.15) is 19.3 Å². The van der Waals surface area contributed by atoms with E-state index in [4.69, 9.17) is 13.8 Å². The Balaban J connectivity index is 5.04. The summed E-state index contributed by atoms with van der Waals surface area (Å²) < 4.78 is 30.7. The molecule has 0 aromatic rings. The molecule has 77 heavy (non-hydrogen) atoms. The number of carbonyl (C=O) groups excluding carboxylic acids is 2. The highest BCUT2D eigenvalue weighted by atomic mass is 31.2. The Morgan fingerprint density at radius 3 is 1.21 bits per heavy atom. The molecule has 0 radical (unpaired) electrons. The number of nitrogens with one attached hydrogen (secondary N) is 1. The molecule has 0 aliphatic rings. The van der Waals surface area contributed by atoms with Gasteiger partial charge in [0, 0.05) is 12.8 Å². The van der Waals surface area contributed by atoms with E-state index < -0.39 is 20.0 Å². The van der Waals surface area contributed by atoms with Crippen LogP contribution in [0.5, 0.6) is 0 Å². The first-order valence-corrected chi connectivity index (χ1v) is 34.5. The van der Waals surface area contributed by atoms with Crippen molar-refractivity contribution in [2.24, 2.45) is 0 Å². The number of phosphoric ester groups is 1. The van der Waals surface area contributed by atoms with Crippen molar-refractivity contribution in [3.8, 4) is 0 Å². The van der Waals surface area contributed by atoms with Crippen molar-refractivity contribution in [2.75, 3.05) is 40.9 Å². The van der Waals surface area contributed by atoms with Crippen LogP contribution in [0.2, 0.25) is 0 Å². The summed E-state index contributed by atoms with van der Waals surface area (Å²) in [5.41, 5.74) is 0. The van der Waals surface area contributed by atoms with Gasteiger partial charge in [0.25, 0.3) is 0 Å². The van der Waals surface area contributed by atoms with Crippen LogP contribution in [0.15, 0.2) is 48.6 Å². The molecular formula is C67H128N2O7P+. The molecular weight excluding hydrogens is 976 g/mol. The van der Waals surface area contributed by atoms with Crippen molar-refractivity contribution in [3.05, 3.63) is 48.6 Å². The lowest BCUT2D eigenvalue weighted by atomic mass is 10.0. The van der Waals surface area contributed by atoms with E-state index in [2.05, 4.69) is 62.5 Å². The lowest BCUT2D eigenvalue weighted by molar-refractivity contribution is -0.870. The number of quaternary nitrogens is 1. The molecule has 0 saturated carbocycles. The molecule has 10 heteroatoms. The minimum Gasteiger partial charge on any atom is -0.456 e. The lowest BCUT2D eigenvalue weighted by Crippen LogP contribution is -2.47. The lowest BCUT2D eigenvalue weighted by Gasteiger charge is -2.27. The number of hydrogen-bond acceptors (Lipinski definition) is 6. The van der Waals surface area contributed by atoms with Crippen LogP contribution in [-0.2, 0) is 27.9 Å². The van der Waals surface area contributed by atoms with Gasteiger partial charge in [-0.05, 0) is 83.1 Å². The predicted molar refractivity (Wildman–Crippen MR) is 332 cm³/mol. The number of likely N-dealkylation sites (N-methyl/N-ethyl adjacent to an activating group) is 1. The Morgan fingerprint density at radius 2 is 0.792 bits per heavy atom. The third-order valence-electron chi connectivity index (χ3n) is 14.8. The molecule has 2 N–H and O–H groups in total. The van der Waals surface area contributed by atoms with E-state index in [1.165, 1.54) is 205 Å². The molecule has 0 aromatic carbocycles. The number of unbranched alkanes of at least 4 members (excludes halogenated alkanes) is 39. The number of allylic oxidation sites excluding steroid dienone is 7. The van der Waals surface area contributed by atoms with Crippen molar-refractivity contribution >= 4 is 19.7 Å². The first kappa shape index (κ1) is 75.0. The number of amides is 1. The Labute approximate surface area is 478 Å². The highest BCUT2D eigenvalue weighted by Crippen LogP contribution is 2.43. The second kappa shape index (κ2) is 57.2. The van der Waals surface area contributed by atoms with E-state index in [0.717, 1.165) is 77.0 Å². The quantitative estimate of drug-likeness (QED) is 0.0156. The third kappa shape index (κ3) is 58.4. The van der Waals surface area contributed by atoms with Gasteiger partial charge in [0.15, 0.2) is 0 Å². The summed E-state index contributed by atoms with van der Waals surface area (Å²) in [7, 11) is 1.50. The zero-order valence-electron chi connectivity index (χ0n) is 51.7. The van der Waals surface area contributed by atoms with Gasteiger partial charge in [-0.15, -0.1) is 0 Å². The highest BCUT2D eigenvalue weighted by Gasteiger charge is 2.30. The standard InChI is InChI=1S/C67H127N2O7P/c1-7-10-13-16-19-22-25-27-29-30-31-32-33-34-35-36-37-38-40-41-44-47-50-53-56-59-66(70)68-64(63-75-77(72,73)74-62-61-69(4,5)6)65(58-55-52-49-46-43-24-21-18-15-12-9-3)76-67(71)60-57-54-51-48-45-42-39-28-26-23-20-17-14-11-8-2/h20,23,26-29,55,58,64-65H,7-19,21-22,24-25,30-54,56-57,59-63H2,1-6H3,(H-,68,70,72,73)/p+1/b23-20+,28-26+,29-27+,58-55-. The number of nitrogens with zero attached hydrogens (tertiary/aromatic N) is 1. The first-order valence-electron chi connectivity index (χ1n) is 33.0. The Hall–Kier alpha value is -2.03. The van der Waals surface area contributed by atoms with Crippen molar-refractivity contribution in [2.45, 2.75) is 328 Å². The third-order valence-corrected chi connectivity index (χ3v) is 15.8. The summed E-state index contributed by atoms with van der Waals surface area (Å²) in [5, 5.41) is 3.06. The highest BCUT2D eigenvalue weighted by molar-refractivity contribution is 7.47. The summed E-state index contributed by atoms with van der Waals surface area (Å²) in [6.45, 7) is 7.00. The molecule has 0 rings (SSSR count). The Kier molecular flexibility index (Phi) is 55.7. The maximum absolute atomic E-state index is 13.6. The number of phosphoric acid groups is 1. The van der Waals surface area contributed by atoms with Crippen LogP contribution in [-0.4, -0.2) is 74.3 Å². The first-order chi connectivity index (χ1) is 37.4. The molecule has 0 heterocycles. The van der Waals surface area contributed by atoms with Crippen LogP contribution in [0.4, 0.5) is 0 Å².